The van der Waals surface area contributed by atoms with E-state index in [1.807, 2.05) is 13.8 Å². The number of anilines is 1. The number of rotatable bonds is 4. The Labute approximate surface area is 128 Å². The Balaban J connectivity index is 2.12. The van der Waals surface area contributed by atoms with E-state index in [4.69, 9.17) is 11.6 Å². The Morgan fingerprint density at radius 1 is 1.33 bits per heavy atom. The van der Waals surface area contributed by atoms with Gasteiger partial charge in [-0.1, -0.05) is 11.6 Å². The van der Waals surface area contributed by atoms with Gasteiger partial charge in [-0.05, 0) is 44.9 Å². The summed E-state index contributed by atoms with van der Waals surface area (Å²) in [7, 11) is 0. The maximum Gasteiger partial charge on any atom is 0.141 e. The lowest BCUT2D eigenvalue weighted by atomic mass is 10.1. The van der Waals surface area contributed by atoms with Gasteiger partial charge in [0.1, 0.15) is 17.5 Å². The highest BCUT2D eigenvalue weighted by atomic mass is 35.5. The molecule has 1 aromatic heterocycles. The Morgan fingerprint density at radius 3 is 2.71 bits per heavy atom. The quantitative estimate of drug-likeness (QED) is 0.900. The second-order valence-electron chi connectivity index (χ2n) is 5.34. The molecule has 5 heteroatoms. The molecule has 2 aromatic rings. The Hall–Kier alpha value is -1.68. The molecule has 0 radical (unpaired) electrons. The second kappa shape index (κ2) is 5.60. The first-order chi connectivity index (χ1) is 10.1. The molecular formula is C16H17ClFN3. The van der Waals surface area contributed by atoms with Gasteiger partial charge >= 0.3 is 0 Å². The van der Waals surface area contributed by atoms with E-state index >= 15 is 0 Å². The summed E-state index contributed by atoms with van der Waals surface area (Å²) in [5, 5.41) is 3.39. The van der Waals surface area contributed by atoms with Crippen molar-refractivity contribution in [3.8, 4) is 11.3 Å². The number of hydrogen-bond donors (Lipinski definition) is 1. The summed E-state index contributed by atoms with van der Waals surface area (Å²) in [6.07, 6.45) is 2.27. The van der Waals surface area contributed by atoms with Gasteiger partial charge in [0.05, 0.1) is 10.7 Å². The normalized spacial score (nSPS) is 14.3. The van der Waals surface area contributed by atoms with Crippen molar-refractivity contribution in [2.75, 3.05) is 11.9 Å². The van der Waals surface area contributed by atoms with Gasteiger partial charge in [0.2, 0.25) is 0 Å². The average molecular weight is 306 g/mol. The monoisotopic (exact) mass is 305 g/mol. The lowest BCUT2D eigenvalue weighted by Crippen LogP contribution is -2.07. The molecule has 1 saturated carbocycles. The minimum absolute atomic E-state index is 0.114. The number of nitrogens with zero attached hydrogens (tertiary/aromatic N) is 2. The predicted molar refractivity (Wildman–Crippen MR) is 83.3 cm³/mol. The molecule has 0 bridgehead atoms. The van der Waals surface area contributed by atoms with Crippen LogP contribution in [0, 0.1) is 12.7 Å². The van der Waals surface area contributed by atoms with Crippen molar-refractivity contribution in [1.82, 2.24) is 9.97 Å². The van der Waals surface area contributed by atoms with Crippen LogP contribution in [0.15, 0.2) is 18.2 Å². The molecule has 0 saturated heterocycles. The van der Waals surface area contributed by atoms with E-state index in [0.717, 1.165) is 47.8 Å². The SMILES string of the molecule is CCNc1nc(C2CC2)nc(-c2ccc(F)c(Cl)c2)c1C. The smallest absolute Gasteiger partial charge is 0.141 e. The molecule has 1 aromatic carbocycles. The summed E-state index contributed by atoms with van der Waals surface area (Å²) >= 11 is 5.90. The zero-order valence-corrected chi connectivity index (χ0v) is 12.8. The molecule has 1 fully saturated rings. The fourth-order valence-electron chi connectivity index (χ4n) is 2.32. The van der Waals surface area contributed by atoms with Gasteiger partial charge in [-0.15, -0.1) is 0 Å². The highest BCUT2D eigenvalue weighted by molar-refractivity contribution is 6.31. The third-order valence-corrected chi connectivity index (χ3v) is 3.93. The summed E-state index contributed by atoms with van der Waals surface area (Å²) in [4.78, 5) is 9.31. The van der Waals surface area contributed by atoms with Crippen molar-refractivity contribution in [2.24, 2.45) is 0 Å². The molecule has 3 rings (SSSR count). The topological polar surface area (TPSA) is 37.8 Å². The number of nitrogens with one attached hydrogen (secondary N) is 1. The van der Waals surface area contributed by atoms with Gasteiger partial charge in [0.25, 0.3) is 0 Å². The molecule has 21 heavy (non-hydrogen) atoms. The van der Waals surface area contributed by atoms with Crippen molar-refractivity contribution < 1.29 is 4.39 Å². The van der Waals surface area contributed by atoms with Crippen molar-refractivity contribution in [1.29, 1.82) is 0 Å². The number of aromatic nitrogens is 2. The molecule has 1 aliphatic carbocycles. The van der Waals surface area contributed by atoms with Crippen LogP contribution in [-0.2, 0) is 0 Å². The van der Waals surface area contributed by atoms with E-state index < -0.39 is 5.82 Å². The summed E-state index contributed by atoms with van der Waals surface area (Å²) in [6, 6.07) is 4.71. The van der Waals surface area contributed by atoms with Crippen LogP contribution < -0.4 is 5.32 Å². The van der Waals surface area contributed by atoms with Gasteiger partial charge in [0, 0.05) is 23.6 Å². The van der Waals surface area contributed by atoms with Crippen LogP contribution in [0.2, 0.25) is 5.02 Å². The lowest BCUT2D eigenvalue weighted by Gasteiger charge is -2.13. The van der Waals surface area contributed by atoms with Gasteiger partial charge in [-0.2, -0.15) is 0 Å². The van der Waals surface area contributed by atoms with Crippen molar-refractivity contribution in [2.45, 2.75) is 32.6 Å². The zero-order valence-electron chi connectivity index (χ0n) is 12.1. The van der Waals surface area contributed by atoms with Crippen LogP contribution >= 0.6 is 11.6 Å². The Morgan fingerprint density at radius 2 is 2.10 bits per heavy atom. The highest BCUT2D eigenvalue weighted by Gasteiger charge is 2.28. The fraction of sp³-hybridized carbons (Fsp3) is 0.375. The van der Waals surface area contributed by atoms with Crippen LogP contribution in [0.1, 0.15) is 37.1 Å². The third kappa shape index (κ3) is 2.86. The van der Waals surface area contributed by atoms with E-state index in [-0.39, 0.29) is 5.02 Å². The molecule has 3 nitrogen and oxygen atoms in total. The number of halogens is 2. The first kappa shape index (κ1) is 14.3. The first-order valence-corrected chi connectivity index (χ1v) is 7.55. The first-order valence-electron chi connectivity index (χ1n) is 7.18. The predicted octanol–water partition coefficient (Wildman–Crippen LogP) is 4.55. The minimum Gasteiger partial charge on any atom is -0.370 e. The summed E-state index contributed by atoms with van der Waals surface area (Å²) in [5.41, 5.74) is 2.61. The lowest BCUT2D eigenvalue weighted by molar-refractivity contribution is 0.628. The van der Waals surface area contributed by atoms with E-state index in [9.17, 15) is 4.39 Å². The maximum absolute atomic E-state index is 13.4. The number of benzene rings is 1. The van der Waals surface area contributed by atoms with Crippen LogP contribution in [0.25, 0.3) is 11.3 Å². The second-order valence-corrected chi connectivity index (χ2v) is 5.74. The Kier molecular flexibility index (Phi) is 3.81. The van der Waals surface area contributed by atoms with Gasteiger partial charge < -0.3 is 5.32 Å². The highest BCUT2D eigenvalue weighted by Crippen LogP contribution is 2.40. The molecule has 0 aliphatic heterocycles. The van der Waals surface area contributed by atoms with E-state index in [2.05, 4.69) is 15.3 Å². The number of hydrogen-bond acceptors (Lipinski definition) is 3. The largest absolute Gasteiger partial charge is 0.370 e. The van der Waals surface area contributed by atoms with Crippen molar-refractivity contribution in [3.63, 3.8) is 0 Å². The van der Waals surface area contributed by atoms with Gasteiger partial charge in [-0.3, -0.25) is 0 Å². The summed E-state index contributed by atoms with van der Waals surface area (Å²) < 4.78 is 13.4. The molecule has 110 valence electrons. The zero-order chi connectivity index (χ0) is 15.0. The molecule has 0 spiro atoms. The average Bonchev–Trinajstić information content (AvgIpc) is 3.29. The van der Waals surface area contributed by atoms with Gasteiger partial charge in [-0.25, -0.2) is 14.4 Å². The maximum atomic E-state index is 13.4. The van der Waals surface area contributed by atoms with Crippen LogP contribution in [0.3, 0.4) is 0 Å². The minimum atomic E-state index is -0.415. The van der Waals surface area contributed by atoms with E-state index in [0.29, 0.717) is 5.92 Å². The van der Waals surface area contributed by atoms with E-state index in [1.165, 1.54) is 6.07 Å². The molecule has 1 aliphatic rings. The van der Waals surface area contributed by atoms with Gasteiger partial charge in [0.15, 0.2) is 0 Å². The Bertz CT molecular complexity index is 683. The van der Waals surface area contributed by atoms with E-state index in [1.54, 1.807) is 12.1 Å². The standard InChI is InChI=1S/C16H17ClFN3/c1-3-19-15-9(2)14(20-16(21-15)10-4-5-10)11-6-7-13(18)12(17)8-11/h6-8,10H,3-5H2,1-2H3,(H,19,20,21). The molecule has 0 atom stereocenters. The van der Waals surface area contributed by atoms with Crippen LogP contribution in [0.5, 0.6) is 0 Å². The molecular weight excluding hydrogens is 289 g/mol. The van der Waals surface area contributed by atoms with Crippen molar-refractivity contribution in [3.05, 3.63) is 40.4 Å². The fourth-order valence-corrected chi connectivity index (χ4v) is 2.50. The van der Waals surface area contributed by atoms with Crippen molar-refractivity contribution >= 4 is 17.4 Å². The van der Waals surface area contributed by atoms with Crippen LogP contribution in [-0.4, -0.2) is 16.5 Å². The molecule has 1 heterocycles. The van der Waals surface area contributed by atoms with Crippen LogP contribution in [0.4, 0.5) is 10.2 Å². The summed E-state index contributed by atoms with van der Waals surface area (Å²) in [5.74, 6) is 1.76. The molecule has 1 N–H and O–H groups in total. The summed E-state index contributed by atoms with van der Waals surface area (Å²) in [6.45, 7) is 4.81. The molecule has 0 unspecified atom stereocenters. The third-order valence-electron chi connectivity index (χ3n) is 3.64. The molecule has 0 amide bonds.